The summed E-state index contributed by atoms with van der Waals surface area (Å²) in [6.07, 6.45) is 0. The monoisotopic (exact) mass is 364 g/mol. The Bertz CT molecular complexity index is 843. The summed E-state index contributed by atoms with van der Waals surface area (Å²) in [6, 6.07) is 26.4. The van der Waals surface area contributed by atoms with Crippen LogP contribution in [-0.4, -0.2) is 13.0 Å². The van der Waals surface area contributed by atoms with E-state index in [-0.39, 0.29) is 34.5 Å². The summed E-state index contributed by atoms with van der Waals surface area (Å²) in [7, 11) is -5.21. The van der Waals surface area contributed by atoms with Crippen LogP contribution in [0.15, 0.2) is 89.8 Å². The average molecular weight is 364 g/mol. The van der Waals surface area contributed by atoms with E-state index in [1.54, 1.807) is 12.1 Å². The van der Waals surface area contributed by atoms with E-state index in [0.29, 0.717) is 0 Å². The molecule has 0 aliphatic rings. The van der Waals surface area contributed by atoms with Gasteiger partial charge in [0, 0.05) is 0 Å². The Morgan fingerprint density at radius 3 is 1.38 bits per heavy atom. The van der Waals surface area contributed by atoms with Gasteiger partial charge >= 0.3 is 29.6 Å². The third-order valence-corrected chi connectivity index (χ3v) is 6.71. The van der Waals surface area contributed by atoms with Crippen molar-refractivity contribution in [2.45, 2.75) is 4.90 Å². The second-order valence-electron chi connectivity index (χ2n) is 4.95. The molecule has 0 aliphatic heterocycles. The average Bonchev–Trinajstić information content (AvgIpc) is 2.57. The molecule has 0 amide bonds. The maximum Gasteiger partial charge on any atom is 1.00 e. The predicted molar refractivity (Wildman–Crippen MR) is 93.1 cm³/mol. The van der Waals surface area contributed by atoms with E-state index < -0.39 is 18.0 Å². The van der Waals surface area contributed by atoms with Crippen LogP contribution in [0.25, 0.3) is 0 Å². The first-order valence-corrected chi connectivity index (χ1v) is 9.77. The second kappa shape index (κ2) is 8.39. The molecule has 116 valence electrons. The Kier molecular flexibility index (Phi) is 6.76. The van der Waals surface area contributed by atoms with Crippen LogP contribution in [0.2, 0.25) is 0 Å². The molecule has 3 rings (SSSR count). The van der Waals surface area contributed by atoms with Crippen molar-refractivity contribution in [3.8, 4) is 0 Å². The van der Waals surface area contributed by atoms with Gasteiger partial charge in [0.2, 0.25) is 0 Å². The first kappa shape index (κ1) is 19.3. The molecule has 0 radical (unpaired) electrons. The van der Waals surface area contributed by atoms with Crippen molar-refractivity contribution in [2.24, 2.45) is 0 Å². The van der Waals surface area contributed by atoms with Crippen LogP contribution >= 0.6 is 7.92 Å². The maximum atomic E-state index is 11.1. The Balaban J connectivity index is 0.00000208. The Morgan fingerprint density at radius 1 is 0.625 bits per heavy atom. The van der Waals surface area contributed by atoms with Crippen molar-refractivity contribution in [3.63, 3.8) is 0 Å². The number of hydrogen-bond donors (Lipinski definition) is 0. The van der Waals surface area contributed by atoms with Crippen LogP contribution < -0.4 is 45.5 Å². The zero-order valence-electron chi connectivity index (χ0n) is 13.2. The molecule has 0 spiro atoms. The van der Waals surface area contributed by atoms with Crippen molar-refractivity contribution < 1.29 is 42.5 Å². The van der Waals surface area contributed by atoms with E-state index in [0.717, 1.165) is 5.30 Å². The quantitative estimate of drug-likeness (QED) is 0.351. The van der Waals surface area contributed by atoms with E-state index in [1.807, 2.05) is 36.4 Å². The first-order chi connectivity index (χ1) is 11.1. The third-order valence-electron chi connectivity index (χ3n) is 3.41. The molecule has 0 atom stereocenters. The zero-order valence-corrected chi connectivity index (χ0v) is 16.9. The van der Waals surface area contributed by atoms with E-state index >= 15 is 0 Å². The van der Waals surface area contributed by atoms with Gasteiger partial charge < -0.3 is 4.55 Å². The first-order valence-electron chi connectivity index (χ1n) is 7.02. The van der Waals surface area contributed by atoms with Gasteiger partial charge in [-0.05, 0) is 36.0 Å². The molecule has 0 N–H and O–H groups in total. The summed E-state index contributed by atoms with van der Waals surface area (Å²) >= 11 is 0. The van der Waals surface area contributed by atoms with Crippen LogP contribution in [0.3, 0.4) is 0 Å². The van der Waals surface area contributed by atoms with Crippen molar-refractivity contribution >= 4 is 34.0 Å². The molecule has 0 aromatic heterocycles. The molecule has 0 unspecified atom stereocenters. The Hall–Kier alpha value is -1.000. The summed E-state index contributed by atoms with van der Waals surface area (Å²) in [5, 5.41) is 3.35. The summed E-state index contributed by atoms with van der Waals surface area (Å²) in [5.41, 5.74) is 0. The van der Waals surface area contributed by atoms with Gasteiger partial charge in [0.05, 0.1) is 4.90 Å². The topological polar surface area (TPSA) is 57.2 Å². The molecule has 3 nitrogen and oxygen atoms in total. The third kappa shape index (κ3) is 4.54. The molecule has 3 aromatic carbocycles. The summed E-state index contributed by atoms with van der Waals surface area (Å²) in [6.45, 7) is 0. The summed E-state index contributed by atoms with van der Waals surface area (Å²) in [5.74, 6) is 0. The van der Waals surface area contributed by atoms with Crippen LogP contribution in [-0.2, 0) is 10.1 Å². The van der Waals surface area contributed by atoms with E-state index in [9.17, 15) is 13.0 Å². The van der Waals surface area contributed by atoms with Crippen molar-refractivity contribution in [1.29, 1.82) is 0 Å². The van der Waals surface area contributed by atoms with Gasteiger partial charge in [-0.15, -0.1) is 0 Å². The van der Waals surface area contributed by atoms with Crippen molar-refractivity contribution in [1.82, 2.24) is 0 Å². The van der Waals surface area contributed by atoms with Crippen molar-refractivity contribution in [2.75, 3.05) is 0 Å². The normalized spacial score (nSPS) is 11.1. The van der Waals surface area contributed by atoms with E-state index in [1.165, 1.54) is 22.7 Å². The second-order valence-corrected chi connectivity index (χ2v) is 8.55. The molecule has 3 aromatic rings. The maximum absolute atomic E-state index is 11.1. The van der Waals surface area contributed by atoms with Crippen LogP contribution in [0, 0.1) is 0 Å². The minimum Gasteiger partial charge on any atom is -0.744 e. The molecule has 0 saturated carbocycles. The summed E-state index contributed by atoms with van der Waals surface area (Å²) in [4.78, 5) is -0.197. The largest absolute Gasteiger partial charge is 1.00 e. The molecule has 6 heteroatoms. The fourth-order valence-corrected chi connectivity index (χ4v) is 5.11. The van der Waals surface area contributed by atoms with Gasteiger partial charge in [0.25, 0.3) is 0 Å². The Labute approximate surface area is 165 Å². The van der Waals surface area contributed by atoms with Gasteiger partial charge in [0.15, 0.2) is 0 Å². The Morgan fingerprint density at radius 2 is 1.00 bits per heavy atom. The fourth-order valence-electron chi connectivity index (χ4n) is 2.36. The molecule has 24 heavy (non-hydrogen) atoms. The standard InChI is InChI=1S/C18H15O3PS.Na/c19-23(20,21)18-13-11-17(12-14-18)22(15-7-3-1-4-8-15)16-9-5-2-6-10-16;/h1-14H,(H,19,20,21);/q;+1/p-1. The number of rotatable bonds is 4. The fraction of sp³-hybridized carbons (Fsp3) is 0. The van der Waals surface area contributed by atoms with Gasteiger partial charge in [-0.25, -0.2) is 8.42 Å². The zero-order chi connectivity index (χ0) is 16.3. The van der Waals surface area contributed by atoms with Crippen molar-refractivity contribution in [3.05, 3.63) is 84.9 Å². The minimum absolute atomic E-state index is 0. The van der Waals surface area contributed by atoms with Gasteiger partial charge in [0.1, 0.15) is 10.1 Å². The van der Waals surface area contributed by atoms with E-state index in [4.69, 9.17) is 0 Å². The summed E-state index contributed by atoms with van der Waals surface area (Å²) < 4.78 is 33.3. The molecule has 0 fully saturated rings. The SMILES string of the molecule is O=S(=O)([O-])c1ccc(P(c2ccccc2)c2ccccc2)cc1.[Na+]. The molecule has 0 heterocycles. The van der Waals surface area contributed by atoms with Gasteiger partial charge in [-0.1, -0.05) is 72.8 Å². The van der Waals surface area contributed by atoms with E-state index in [2.05, 4.69) is 24.3 Å². The smallest absolute Gasteiger partial charge is 0.744 e. The molecule has 0 aliphatic carbocycles. The van der Waals surface area contributed by atoms with Crippen LogP contribution in [0.4, 0.5) is 0 Å². The van der Waals surface area contributed by atoms with Gasteiger partial charge in [-0.2, -0.15) is 0 Å². The molecule has 0 bridgehead atoms. The van der Waals surface area contributed by atoms with Crippen LogP contribution in [0.1, 0.15) is 0 Å². The molecular weight excluding hydrogens is 350 g/mol. The minimum atomic E-state index is -4.42. The molecule has 0 saturated heterocycles. The number of benzene rings is 3. The predicted octanol–water partition coefficient (Wildman–Crippen LogP) is -0.647. The molecular formula is C18H14NaO3PS. The van der Waals surface area contributed by atoms with Gasteiger partial charge in [-0.3, -0.25) is 0 Å². The number of hydrogen-bond acceptors (Lipinski definition) is 3. The van der Waals surface area contributed by atoms with Crippen LogP contribution in [0.5, 0.6) is 0 Å².